The molecule has 1 fully saturated rings. The van der Waals surface area contributed by atoms with Crippen molar-refractivity contribution < 1.29 is 0 Å². The summed E-state index contributed by atoms with van der Waals surface area (Å²) in [6, 6.07) is 1.02. The summed E-state index contributed by atoms with van der Waals surface area (Å²) in [4.78, 5) is 4.90. The normalized spacial score (nSPS) is 27.0. The van der Waals surface area contributed by atoms with Crippen molar-refractivity contribution in [3.8, 4) is 0 Å². The minimum Gasteiger partial charge on any atom is -0.328 e. The smallest absolute Gasteiger partial charge is 0.0235 e. The molecular weight excluding hydrogens is 210 g/mol. The molecule has 1 heterocycles. The van der Waals surface area contributed by atoms with E-state index >= 15 is 0 Å². The lowest BCUT2D eigenvalue weighted by atomic mass is 9.93. The van der Waals surface area contributed by atoms with Crippen molar-refractivity contribution in [1.29, 1.82) is 0 Å². The first-order chi connectivity index (χ1) is 8.02. The molecule has 0 amide bonds. The van der Waals surface area contributed by atoms with E-state index in [0.29, 0.717) is 12.1 Å². The molecule has 0 aromatic rings. The molecule has 102 valence electrons. The van der Waals surface area contributed by atoms with Crippen molar-refractivity contribution in [3.63, 3.8) is 0 Å². The van der Waals surface area contributed by atoms with E-state index in [1.807, 2.05) is 0 Å². The van der Waals surface area contributed by atoms with Crippen molar-refractivity contribution in [2.24, 2.45) is 11.7 Å². The number of hydrogen-bond acceptors (Lipinski definition) is 3. The highest BCUT2D eigenvalue weighted by Gasteiger charge is 2.24. The molecule has 17 heavy (non-hydrogen) atoms. The van der Waals surface area contributed by atoms with Gasteiger partial charge in [0.15, 0.2) is 0 Å². The Morgan fingerprint density at radius 2 is 2.00 bits per heavy atom. The second kappa shape index (κ2) is 7.34. The lowest BCUT2D eigenvalue weighted by Crippen LogP contribution is -2.51. The van der Waals surface area contributed by atoms with Gasteiger partial charge in [0, 0.05) is 31.7 Å². The van der Waals surface area contributed by atoms with Crippen LogP contribution in [0.25, 0.3) is 0 Å². The number of nitrogens with two attached hydrogens (primary N) is 1. The Labute approximate surface area is 107 Å². The molecule has 0 radical (unpaired) electrons. The molecule has 3 atom stereocenters. The van der Waals surface area contributed by atoms with E-state index in [2.05, 4.69) is 37.7 Å². The Hall–Kier alpha value is -0.120. The van der Waals surface area contributed by atoms with Gasteiger partial charge in [-0.2, -0.15) is 0 Å². The van der Waals surface area contributed by atoms with Gasteiger partial charge in [-0.15, -0.1) is 0 Å². The molecule has 1 aliphatic rings. The summed E-state index contributed by atoms with van der Waals surface area (Å²) in [5.41, 5.74) is 6.30. The Bertz CT molecular complexity index is 208. The molecule has 3 unspecified atom stereocenters. The monoisotopic (exact) mass is 241 g/mol. The van der Waals surface area contributed by atoms with E-state index in [-0.39, 0.29) is 0 Å². The van der Waals surface area contributed by atoms with Crippen molar-refractivity contribution >= 4 is 0 Å². The van der Waals surface area contributed by atoms with Crippen LogP contribution < -0.4 is 5.73 Å². The topological polar surface area (TPSA) is 32.5 Å². The predicted octanol–water partition coefficient (Wildman–Crippen LogP) is 1.78. The minimum atomic E-state index is 0.371. The Balaban J connectivity index is 2.31. The van der Waals surface area contributed by atoms with E-state index in [9.17, 15) is 0 Å². The largest absolute Gasteiger partial charge is 0.328 e. The molecule has 1 aliphatic heterocycles. The standard InChI is InChI=1S/C14H31N3/c1-5-6-12(2)9-13(15)10-14-11-16(3)7-8-17(14)4/h12-14H,5-11,15H2,1-4H3. The van der Waals surface area contributed by atoms with E-state index < -0.39 is 0 Å². The van der Waals surface area contributed by atoms with Gasteiger partial charge in [-0.25, -0.2) is 0 Å². The van der Waals surface area contributed by atoms with Gasteiger partial charge >= 0.3 is 0 Å². The molecule has 1 rings (SSSR count). The fourth-order valence-electron chi connectivity index (χ4n) is 2.93. The van der Waals surface area contributed by atoms with Crippen LogP contribution in [0.2, 0.25) is 0 Å². The summed E-state index contributed by atoms with van der Waals surface area (Å²) in [6.45, 7) is 8.13. The van der Waals surface area contributed by atoms with E-state index in [1.165, 1.54) is 38.9 Å². The lowest BCUT2D eigenvalue weighted by Gasteiger charge is -2.39. The van der Waals surface area contributed by atoms with Crippen LogP contribution in [-0.4, -0.2) is 55.6 Å². The lowest BCUT2D eigenvalue weighted by molar-refractivity contribution is 0.102. The van der Waals surface area contributed by atoms with Crippen LogP contribution >= 0.6 is 0 Å². The van der Waals surface area contributed by atoms with Gasteiger partial charge in [-0.05, 0) is 32.9 Å². The molecule has 0 aromatic heterocycles. The molecule has 0 aromatic carbocycles. The third-order valence-corrected chi connectivity index (χ3v) is 4.04. The summed E-state index contributed by atoms with van der Waals surface area (Å²) in [7, 11) is 4.45. The van der Waals surface area contributed by atoms with Crippen molar-refractivity contribution in [3.05, 3.63) is 0 Å². The van der Waals surface area contributed by atoms with Gasteiger partial charge in [-0.1, -0.05) is 26.7 Å². The molecule has 0 spiro atoms. The van der Waals surface area contributed by atoms with Crippen LogP contribution in [0.3, 0.4) is 0 Å². The fourth-order valence-corrected chi connectivity index (χ4v) is 2.93. The van der Waals surface area contributed by atoms with Gasteiger partial charge in [0.05, 0.1) is 0 Å². The second-order valence-corrected chi connectivity index (χ2v) is 6.02. The number of hydrogen-bond donors (Lipinski definition) is 1. The van der Waals surface area contributed by atoms with Crippen LogP contribution in [0.4, 0.5) is 0 Å². The first-order valence-electron chi connectivity index (χ1n) is 7.17. The SMILES string of the molecule is CCCC(C)CC(N)CC1CN(C)CCN1C. The Kier molecular flexibility index (Phi) is 6.45. The summed E-state index contributed by atoms with van der Waals surface area (Å²) in [5, 5.41) is 0. The molecule has 0 bridgehead atoms. The van der Waals surface area contributed by atoms with Crippen molar-refractivity contribution in [2.45, 2.75) is 51.6 Å². The second-order valence-electron chi connectivity index (χ2n) is 6.02. The zero-order valence-corrected chi connectivity index (χ0v) is 12.2. The maximum atomic E-state index is 6.30. The quantitative estimate of drug-likeness (QED) is 0.769. The summed E-state index contributed by atoms with van der Waals surface area (Å²) in [6.07, 6.45) is 4.92. The molecule has 2 N–H and O–H groups in total. The van der Waals surface area contributed by atoms with Crippen LogP contribution in [-0.2, 0) is 0 Å². The van der Waals surface area contributed by atoms with Gasteiger partial charge in [0.1, 0.15) is 0 Å². The van der Waals surface area contributed by atoms with Gasteiger partial charge < -0.3 is 15.5 Å². The average molecular weight is 241 g/mol. The highest BCUT2D eigenvalue weighted by atomic mass is 15.3. The Morgan fingerprint density at radius 1 is 1.29 bits per heavy atom. The van der Waals surface area contributed by atoms with E-state index in [0.717, 1.165) is 12.3 Å². The summed E-state index contributed by atoms with van der Waals surface area (Å²) >= 11 is 0. The number of piperazine rings is 1. The fraction of sp³-hybridized carbons (Fsp3) is 1.00. The first-order valence-corrected chi connectivity index (χ1v) is 7.17. The average Bonchev–Trinajstić information content (AvgIpc) is 2.23. The zero-order valence-electron chi connectivity index (χ0n) is 12.2. The molecule has 0 saturated carbocycles. The third kappa shape index (κ3) is 5.36. The Morgan fingerprint density at radius 3 is 2.65 bits per heavy atom. The minimum absolute atomic E-state index is 0.371. The maximum Gasteiger partial charge on any atom is 0.0235 e. The van der Waals surface area contributed by atoms with Gasteiger partial charge in [0.2, 0.25) is 0 Å². The third-order valence-electron chi connectivity index (χ3n) is 4.04. The highest BCUT2D eigenvalue weighted by Crippen LogP contribution is 2.17. The van der Waals surface area contributed by atoms with Gasteiger partial charge in [0.25, 0.3) is 0 Å². The molecular formula is C14H31N3. The van der Waals surface area contributed by atoms with Crippen LogP contribution in [0.5, 0.6) is 0 Å². The molecule has 3 heteroatoms. The number of rotatable bonds is 6. The summed E-state index contributed by atoms with van der Waals surface area (Å²) in [5.74, 6) is 0.779. The zero-order chi connectivity index (χ0) is 12.8. The van der Waals surface area contributed by atoms with E-state index in [4.69, 9.17) is 5.73 Å². The van der Waals surface area contributed by atoms with Crippen LogP contribution in [0, 0.1) is 5.92 Å². The maximum absolute atomic E-state index is 6.30. The summed E-state index contributed by atoms with van der Waals surface area (Å²) < 4.78 is 0. The molecule has 0 aliphatic carbocycles. The van der Waals surface area contributed by atoms with Crippen LogP contribution in [0.1, 0.15) is 39.5 Å². The van der Waals surface area contributed by atoms with Crippen molar-refractivity contribution in [1.82, 2.24) is 9.80 Å². The highest BCUT2D eigenvalue weighted by molar-refractivity contribution is 4.82. The molecule has 3 nitrogen and oxygen atoms in total. The number of likely N-dealkylation sites (N-methyl/N-ethyl adjacent to an activating group) is 2. The first kappa shape index (κ1) is 14.9. The van der Waals surface area contributed by atoms with E-state index in [1.54, 1.807) is 0 Å². The predicted molar refractivity (Wildman–Crippen MR) is 75.2 cm³/mol. The van der Waals surface area contributed by atoms with Crippen LogP contribution in [0.15, 0.2) is 0 Å². The number of nitrogens with zero attached hydrogens (tertiary/aromatic N) is 2. The molecule has 1 saturated heterocycles. The van der Waals surface area contributed by atoms with Gasteiger partial charge in [-0.3, -0.25) is 0 Å². The van der Waals surface area contributed by atoms with Crippen molar-refractivity contribution in [2.75, 3.05) is 33.7 Å².